The maximum absolute atomic E-state index is 13.3. The van der Waals surface area contributed by atoms with Crippen LogP contribution in [0.25, 0.3) is 0 Å². The Morgan fingerprint density at radius 1 is 1.26 bits per heavy atom. The van der Waals surface area contributed by atoms with Gasteiger partial charge in [0.15, 0.2) is 18.1 Å². The first-order valence-electron chi connectivity index (χ1n) is 8.21. The lowest BCUT2D eigenvalue weighted by molar-refractivity contribution is -0.385. The summed E-state index contributed by atoms with van der Waals surface area (Å²) in [5, 5.41) is 11.0. The van der Waals surface area contributed by atoms with Crippen LogP contribution in [0.5, 0.6) is 17.2 Å². The van der Waals surface area contributed by atoms with E-state index in [9.17, 15) is 19.3 Å². The molecule has 1 aliphatic rings. The number of nitro benzene ring substituents is 1. The molecule has 142 valence electrons. The van der Waals surface area contributed by atoms with Crippen LogP contribution in [0.4, 0.5) is 10.1 Å². The topological polar surface area (TPSA) is 91.1 Å². The predicted octanol–water partition coefficient (Wildman–Crippen LogP) is 2.89. The molecular weight excluding hydrogens is 359 g/mol. The highest BCUT2D eigenvalue weighted by atomic mass is 19.1. The highest BCUT2D eigenvalue weighted by Gasteiger charge is 2.20. The van der Waals surface area contributed by atoms with Crippen molar-refractivity contribution in [3.05, 3.63) is 57.9 Å². The number of hydrogen-bond donors (Lipinski definition) is 0. The van der Waals surface area contributed by atoms with Crippen molar-refractivity contribution in [2.45, 2.75) is 13.5 Å². The molecule has 1 aliphatic heterocycles. The largest absolute Gasteiger partial charge is 0.477 e. The number of rotatable bonds is 7. The van der Waals surface area contributed by atoms with Crippen molar-refractivity contribution in [3.8, 4) is 17.2 Å². The van der Waals surface area contributed by atoms with E-state index >= 15 is 0 Å². The first kappa shape index (κ1) is 18.4. The minimum Gasteiger partial charge on any atom is -0.477 e. The van der Waals surface area contributed by atoms with E-state index in [-0.39, 0.29) is 18.4 Å². The van der Waals surface area contributed by atoms with Crippen molar-refractivity contribution in [1.29, 1.82) is 0 Å². The molecule has 0 saturated carbocycles. The standard InChI is InChI=1S/C18H17FN2O6/c1-2-20(9-12-3-6-15-17(7-12)27-11-26-15)18(22)10-25-16-8-13(19)4-5-14(16)21(23)24/h3-8H,2,9-11H2,1H3. The third-order valence-electron chi connectivity index (χ3n) is 4.01. The third kappa shape index (κ3) is 4.25. The molecule has 0 atom stereocenters. The Bertz CT molecular complexity index is 873. The zero-order valence-corrected chi connectivity index (χ0v) is 14.5. The fourth-order valence-electron chi connectivity index (χ4n) is 2.62. The van der Waals surface area contributed by atoms with Crippen LogP contribution in [-0.2, 0) is 11.3 Å². The molecule has 2 aromatic rings. The molecular formula is C18H17FN2O6. The molecule has 0 fully saturated rings. The highest BCUT2D eigenvalue weighted by molar-refractivity contribution is 5.78. The van der Waals surface area contributed by atoms with E-state index in [4.69, 9.17) is 14.2 Å². The lowest BCUT2D eigenvalue weighted by atomic mass is 10.2. The van der Waals surface area contributed by atoms with Gasteiger partial charge in [0.1, 0.15) is 5.82 Å². The molecule has 2 aromatic carbocycles. The molecule has 3 rings (SSSR count). The molecule has 0 aliphatic carbocycles. The van der Waals surface area contributed by atoms with Crippen LogP contribution in [-0.4, -0.2) is 35.7 Å². The summed E-state index contributed by atoms with van der Waals surface area (Å²) in [5.41, 5.74) is 0.439. The van der Waals surface area contributed by atoms with Crippen molar-refractivity contribution in [2.75, 3.05) is 19.9 Å². The van der Waals surface area contributed by atoms with Gasteiger partial charge in [-0.05, 0) is 30.7 Å². The molecule has 0 N–H and O–H groups in total. The van der Waals surface area contributed by atoms with Crippen molar-refractivity contribution in [1.82, 2.24) is 4.90 Å². The SMILES string of the molecule is CCN(Cc1ccc2c(c1)OCO2)C(=O)COc1cc(F)ccc1[N+](=O)[O-]. The van der Waals surface area contributed by atoms with E-state index in [1.807, 2.05) is 6.07 Å². The van der Waals surface area contributed by atoms with Gasteiger partial charge >= 0.3 is 5.69 Å². The smallest absolute Gasteiger partial charge is 0.311 e. The summed E-state index contributed by atoms with van der Waals surface area (Å²) in [7, 11) is 0. The van der Waals surface area contributed by atoms with Gasteiger partial charge in [-0.1, -0.05) is 6.07 Å². The van der Waals surface area contributed by atoms with Crippen LogP contribution >= 0.6 is 0 Å². The van der Waals surface area contributed by atoms with E-state index in [1.54, 1.807) is 19.1 Å². The summed E-state index contributed by atoms with van der Waals surface area (Å²) < 4.78 is 29.1. The van der Waals surface area contributed by atoms with E-state index in [0.717, 1.165) is 23.8 Å². The fraction of sp³-hybridized carbons (Fsp3) is 0.278. The Balaban J connectivity index is 1.66. The van der Waals surface area contributed by atoms with E-state index in [2.05, 4.69) is 0 Å². The van der Waals surface area contributed by atoms with E-state index in [0.29, 0.717) is 24.6 Å². The van der Waals surface area contributed by atoms with Gasteiger partial charge in [-0.25, -0.2) is 4.39 Å². The molecule has 1 heterocycles. The average Bonchev–Trinajstić information content (AvgIpc) is 3.11. The third-order valence-corrected chi connectivity index (χ3v) is 4.01. The molecule has 8 nitrogen and oxygen atoms in total. The number of ether oxygens (including phenoxy) is 3. The lowest BCUT2D eigenvalue weighted by Gasteiger charge is -2.21. The van der Waals surface area contributed by atoms with Crippen LogP contribution < -0.4 is 14.2 Å². The summed E-state index contributed by atoms with van der Waals surface area (Å²) in [6, 6.07) is 8.23. The van der Waals surface area contributed by atoms with Gasteiger partial charge in [0.2, 0.25) is 12.5 Å². The predicted molar refractivity (Wildman–Crippen MR) is 92.2 cm³/mol. The number of benzene rings is 2. The van der Waals surface area contributed by atoms with Crippen molar-refractivity contribution in [3.63, 3.8) is 0 Å². The van der Waals surface area contributed by atoms with Crippen LogP contribution in [0.3, 0.4) is 0 Å². The average molecular weight is 376 g/mol. The number of amides is 1. The van der Waals surface area contributed by atoms with Gasteiger partial charge in [-0.2, -0.15) is 0 Å². The molecule has 0 saturated heterocycles. The van der Waals surface area contributed by atoms with Crippen molar-refractivity contribution < 1.29 is 28.3 Å². The summed E-state index contributed by atoms with van der Waals surface area (Å²) in [5.74, 6) is -0.0884. The van der Waals surface area contributed by atoms with Crippen LogP contribution in [0.1, 0.15) is 12.5 Å². The van der Waals surface area contributed by atoms with Gasteiger partial charge in [0, 0.05) is 25.2 Å². The van der Waals surface area contributed by atoms with E-state index < -0.39 is 23.0 Å². The van der Waals surface area contributed by atoms with Gasteiger partial charge in [0.25, 0.3) is 5.91 Å². The monoisotopic (exact) mass is 376 g/mol. The van der Waals surface area contributed by atoms with Gasteiger partial charge in [-0.3, -0.25) is 14.9 Å². The quantitative estimate of drug-likeness (QED) is 0.545. The Morgan fingerprint density at radius 2 is 2.04 bits per heavy atom. The summed E-state index contributed by atoms with van der Waals surface area (Å²) in [6.45, 7) is 2.23. The number of carbonyl (C=O) groups is 1. The normalized spacial score (nSPS) is 11.9. The van der Waals surface area contributed by atoms with Crippen molar-refractivity contribution in [2.24, 2.45) is 0 Å². The maximum atomic E-state index is 13.3. The molecule has 27 heavy (non-hydrogen) atoms. The molecule has 0 aromatic heterocycles. The lowest BCUT2D eigenvalue weighted by Crippen LogP contribution is -2.34. The summed E-state index contributed by atoms with van der Waals surface area (Å²) in [6.07, 6.45) is 0. The zero-order valence-electron chi connectivity index (χ0n) is 14.5. The van der Waals surface area contributed by atoms with E-state index in [1.165, 1.54) is 4.90 Å². The summed E-state index contributed by atoms with van der Waals surface area (Å²) >= 11 is 0. The van der Waals surface area contributed by atoms with Crippen molar-refractivity contribution >= 4 is 11.6 Å². The summed E-state index contributed by atoms with van der Waals surface area (Å²) in [4.78, 5) is 24.2. The van der Waals surface area contributed by atoms with Crippen LogP contribution in [0.2, 0.25) is 0 Å². The molecule has 0 spiro atoms. The molecule has 9 heteroatoms. The molecule has 0 unspecified atom stereocenters. The number of fused-ring (bicyclic) bond motifs is 1. The first-order chi connectivity index (χ1) is 13.0. The zero-order chi connectivity index (χ0) is 19.4. The Labute approximate surface area is 154 Å². The molecule has 1 amide bonds. The minimum absolute atomic E-state index is 0.162. The van der Waals surface area contributed by atoms with Gasteiger partial charge in [0.05, 0.1) is 4.92 Å². The highest BCUT2D eigenvalue weighted by Crippen LogP contribution is 2.33. The maximum Gasteiger partial charge on any atom is 0.311 e. The fourth-order valence-corrected chi connectivity index (χ4v) is 2.62. The second-order valence-corrected chi connectivity index (χ2v) is 5.75. The number of carbonyl (C=O) groups excluding carboxylic acids is 1. The Hall–Kier alpha value is -3.36. The number of nitrogens with zero attached hydrogens (tertiary/aromatic N) is 2. The molecule has 0 bridgehead atoms. The first-order valence-corrected chi connectivity index (χ1v) is 8.21. The number of nitro groups is 1. The number of likely N-dealkylation sites (N-methyl/N-ethyl adjacent to an activating group) is 1. The van der Waals surface area contributed by atoms with Crippen LogP contribution in [0.15, 0.2) is 36.4 Å². The second-order valence-electron chi connectivity index (χ2n) is 5.75. The van der Waals surface area contributed by atoms with Crippen LogP contribution in [0, 0.1) is 15.9 Å². The van der Waals surface area contributed by atoms with Gasteiger partial charge < -0.3 is 19.1 Å². The second kappa shape index (κ2) is 7.90. The Morgan fingerprint density at radius 3 is 2.78 bits per heavy atom. The van der Waals surface area contributed by atoms with Gasteiger partial charge in [-0.15, -0.1) is 0 Å². The minimum atomic E-state index is -0.691. The molecule has 0 radical (unpaired) electrons. The number of hydrogen-bond acceptors (Lipinski definition) is 6. The Kier molecular flexibility index (Phi) is 5.39. The number of halogens is 1.